The number of alkyl halides is 1. The highest BCUT2D eigenvalue weighted by molar-refractivity contribution is 9.10. The van der Waals surface area contributed by atoms with E-state index in [0.29, 0.717) is 10.2 Å². The van der Waals surface area contributed by atoms with Gasteiger partial charge in [0.2, 0.25) is 0 Å². The zero-order chi connectivity index (χ0) is 8.27. The molecule has 4 heteroatoms. The summed E-state index contributed by atoms with van der Waals surface area (Å²) in [5.41, 5.74) is 0. The van der Waals surface area contributed by atoms with Crippen LogP contribution in [0.5, 0.6) is 5.75 Å². The first-order chi connectivity index (χ1) is 5.24. The summed E-state index contributed by atoms with van der Waals surface area (Å²) in [7, 11) is 0. The van der Waals surface area contributed by atoms with Crippen molar-refractivity contribution >= 4 is 27.5 Å². The fourth-order valence-corrected chi connectivity index (χ4v) is 1.13. The molecular formula is C7H5BrClFO. The van der Waals surface area contributed by atoms with Crippen LogP contribution in [0.3, 0.4) is 0 Å². The van der Waals surface area contributed by atoms with Crippen molar-refractivity contribution in [3.8, 4) is 5.75 Å². The van der Waals surface area contributed by atoms with Crippen LogP contribution in [-0.4, -0.2) is 6.07 Å². The molecule has 0 radical (unpaired) electrons. The van der Waals surface area contributed by atoms with Gasteiger partial charge in [0.15, 0.2) is 6.07 Å². The summed E-state index contributed by atoms with van der Waals surface area (Å²) in [6.07, 6.45) is 0. The minimum atomic E-state index is -0.340. The maximum atomic E-state index is 12.5. The topological polar surface area (TPSA) is 9.23 Å². The molecular weight excluding hydrogens is 234 g/mol. The molecule has 0 bridgehead atoms. The predicted molar refractivity (Wildman–Crippen MR) is 45.4 cm³/mol. The number of ether oxygens (including phenoxy) is 1. The lowest BCUT2D eigenvalue weighted by molar-refractivity contribution is 0.382. The molecule has 0 N–H and O–H groups in total. The van der Waals surface area contributed by atoms with Gasteiger partial charge in [0.05, 0.1) is 4.47 Å². The molecule has 0 spiro atoms. The van der Waals surface area contributed by atoms with Gasteiger partial charge in [-0.3, -0.25) is 0 Å². The third kappa shape index (κ3) is 2.34. The van der Waals surface area contributed by atoms with E-state index < -0.39 is 0 Å². The monoisotopic (exact) mass is 238 g/mol. The average molecular weight is 239 g/mol. The van der Waals surface area contributed by atoms with Crippen LogP contribution in [0.2, 0.25) is 0 Å². The molecule has 0 saturated carbocycles. The van der Waals surface area contributed by atoms with E-state index in [0.717, 1.165) is 0 Å². The van der Waals surface area contributed by atoms with E-state index in [9.17, 15) is 4.39 Å². The Balaban J connectivity index is 2.93. The Morgan fingerprint density at radius 3 is 2.91 bits per heavy atom. The van der Waals surface area contributed by atoms with Gasteiger partial charge in [-0.2, -0.15) is 0 Å². The SMILES string of the molecule is Fc1ccc(Br)c(OCCl)c1. The van der Waals surface area contributed by atoms with Crippen LogP contribution in [0.15, 0.2) is 22.7 Å². The van der Waals surface area contributed by atoms with Gasteiger partial charge in [0.1, 0.15) is 11.6 Å². The fourth-order valence-electron chi connectivity index (χ4n) is 0.647. The lowest BCUT2D eigenvalue weighted by Crippen LogP contribution is -1.90. The first kappa shape index (κ1) is 8.81. The van der Waals surface area contributed by atoms with E-state index in [1.807, 2.05) is 0 Å². The lowest BCUT2D eigenvalue weighted by Gasteiger charge is -2.03. The summed E-state index contributed by atoms with van der Waals surface area (Å²) >= 11 is 8.48. The summed E-state index contributed by atoms with van der Waals surface area (Å²) in [6.45, 7) is 0. The third-order valence-corrected chi connectivity index (χ3v) is 1.87. The van der Waals surface area contributed by atoms with Crippen molar-refractivity contribution in [2.45, 2.75) is 0 Å². The molecule has 11 heavy (non-hydrogen) atoms. The smallest absolute Gasteiger partial charge is 0.162 e. The summed E-state index contributed by atoms with van der Waals surface area (Å²) in [5, 5.41) is 0. The molecule has 0 aliphatic rings. The molecule has 1 nitrogen and oxygen atoms in total. The number of hydrogen-bond donors (Lipinski definition) is 0. The molecule has 0 amide bonds. The molecule has 0 aliphatic carbocycles. The van der Waals surface area contributed by atoms with Gasteiger partial charge in [0, 0.05) is 6.07 Å². The lowest BCUT2D eigenvalue weighted by atomic mass is 10.3. The minimum Gasteiger partial charge on any atom is -0.477 e. The Hall–Kier alpha value is -0.280. The van der Waals surface area contributed by atoms with Crippen LogP contribution in [0.1, 0.15) is 0 Å². The van der Waals surface area contributed by atoms with Crippen molar-refractivity contribution in [1.29, 1.82) is 0 Å². The molecule has 0 unspecified atom stereocenters. The second-order valence-electron chi connectivity index (χ2n) is 1.83. The van der Waals surface area contributed by atoms with E-state index >= 15 is 0 Å². The van der Waals surface area contributed by atoms with Gasteiger partial charge in [-0.25, -0.2) is 4.39 Å². The van der Waals surface area contributed by atoms with Crippen LogP contribution in [0.25, 0.3) is 0 Å². The molecule has 0 aromatic heterocycles. The Kier molecular flexibility index (Phi) is 3.15. The first-order valence-electron chi connectivity index (χ1n) is 2.88. The minimum absolute atomic E-state index is 0.0159. The van der Waals surface area contributed by atoms with Gasteiger partial charge in [-0.1, -0.05) is 11.6 Å². The van der Waals surface area contributed by atoms with Crippen LogP contribution < -0.4 is 4.74 Å². The van der Waals surface area contributed by atoms with Crippen LogP contribution >= 0.6 is 27.5 Å². The molecule has 1 rings (SSSR count). The van der Waals surface area contributed by atoms with Crippen molar-refractivity contribution in [3.63, 3.8) is 0 Å². The number of rotatable bonds is 2. The average Bonchev–Trinajstić information content (AvgIpc) is 1.98. The number of halogens is 3. The second kappa shape index (κ2) is 3.93. The fraction of sp³-hybridized carbons (Fsp3) is 0.143. The van der Waals surface area contributed by atoms with Gasteiger partial charge in [0.25, 0.3) is 0 Å². The summed E-state index contributed by atoms with van der Waals surface area (Å²) < 4.78 is 18.1. The van der Waals surface area contributed by atoms with Gasteiger partial charge in [-0.15, -0.1) is 0 Å². The van der Waals surface area contributed by atoms with Crippen molar-refractivity contribution in [2.75, 3.05) is 6.07 Å². The summed E-state index contributed by atoms with van der Waals surface area (Å²) in [6, 6.07) is 4.19. The molecule has 60 valence electrons. The molecule has 0 atom stereocenters. The van der Waals surface area contributed by atoms with Crippen LogP contribution in [0, 0.1) is 5.82 Å². The maximum absolute atomic E-state index is 12.5. The first-order valence-corrected chi connectivity index (χ1v) is 4.20. The molecule has 1 aromatic rings. The summed E-state index contributed by atoms with van der Waals surface area (Å²) in [4.78, 5) is 0. The van der Waals surface area contributed by atoms with Crippen molar-refractivity contribution in [1.82, 2.24) is 0 Å². The molecule has 0 aliphatic heterocycles. The Morgan fingerprint density at radius 2 is 2.27 bits per heavy atom. The molecule has 0 fully saturated rings. The van der Waals surface area contributed by atoms with E-state index in [1.54, 1.807) is 6.07 Å². The van der Waals surface area contributed by atoms with Crippen LogP contribution in [-0.2, 0) is 0 Å². The number of benzene rings is 1. The van der Waals surface area contributed by atoms with Crippen molar-refractivity contribution < 1.29 is 9.13 Å². The normalized spacial score (nSPS) is 9.73. The van der Waals surface area contributed by atoms with Crippen LogP contribution in [0.4, 0.5) is 4.39 Å². The molecule has 0 heterocycles. The third-order valence-electron chi connectivity index (χ3n) is 1.10. The molecule has 1 aromatic carbocycles. The largest absolute Gasteiger partial charge is 0.477 e. The maximum Gasteiger partial charge on any atom is 0.162 e. The predicted octanol–water partition coefficient (Wildman–Crippen LogP) is 3.16. The molecule has 0 saturated heterocycles. The van der Waals surface area contributed by atoms with Gasteiger partial charge < -0.3 is 4.74 Å². The van der Waals surface area contributed by atoms with Crippen molar-refractivity contribution in [3.05, 3.63) is 28.5 Å². The zero-order valence-corrected chi connectivity index (χ0v) is 7.82. The van der Waals surface area contributed by atoms with Gasteiger partial charge in [-0.05, 0) is 28.1 Å². The van der Waals surface area contributed by atoms with Gasteiger partial charge >= 0.3 is 0 Å². The Labute approximate surface area is 77.2 Å². The second-order valence-corrected chi connectivity index (χ2v) is 2.90. The van der Waals surface area contributed by atoms with E-state index in [2.05, 4.69) is 15.9 Å². The zero-order valence-electron chi connectivity index (χ0n) is 5.48. The van der Waals surface area contributed by atoms with E-state index in [-0.39, 0.29) is 11.9 Å². The highest BCUT2D eigenvalue weighted by Crippen LogP contribution is 2.25. The standard InChI is InChI=1S/C7H5BrClFO/c8-6-2-1-5(10)3-7(6)11-4-9/h1-3H,4H2. The quantitative estimate of drug-likeness (QED) is 0.720. The Bertz CT molecular complexity index is 254. The Morgan fingerprint density at radius 1 is 1.55 bits per heavy atom. The highest BCUT2D eigenvalue weighted by atomic mass is 79.9. The highest BCUT2D eigenvalue weighted by Gasteiger charge is 2.00. The van der Waals surface area contributed by atoms with E-state index in [4.69, 9.17) is 16.3 Å². The van der Waals surface area contributed by atoms with E-state index in [1.165, 1.54) is 12.1 Å². The van der Waals surface area contributed by atoms with Crippen molar-refractivity contribution in [2.24, 2.45) is 0 Å². The summed E-state index contributed by atoms with van der Waals surface area (Å²) in [5.74, 6) is 0.0771. The number of hydrogen-bond acceptors (Lipinski definition) is 1.